The monoisotopic (exact) mass is 288 g/mol. The largest absolute Gasteiger partial charge is 0.454 e. The maximum absolute atomic E-state index is 13.2. The van der Waals surface area contributed by atoms with Crippen LogP contribution in [0.3, 0.4) is 0 Å². The maximum Gasteiger partial charge on any atom is 0.225 e. The van der Waals surface area contributed by atoms with E-state index in [1.165, 1.54) is 12.1 Å². The third-order valence-electron chi connectivity index (χ3n) is 2.99. The molecule has 0 radical (unpaired) electrons. The van der Waals surface area contributed by atoms with Gasteiger partial charge in [0.15, 0.2) is 11.4 Å². The first-order valence-corrected chi connectivity index (χ1v) is 6.14. The van der Waals surface area contributed by atoms with E-state index in [0.717, 1.165) is 0 Å². The molecule has 0 saturated carbocycles. The highest BCUT2D eigenvalue weighted by Crippen LogP contribution is 2.31. The number of aromatic amines is 1. The van der Waals surface area contributed by atoms with Crippen molar-refractivity contribution in [3.05, 3.63) is 41.6 Å². The highest BCUT2D eigenvalue weighted by Gasteiger charge is 2.15. The Hall–Kier alpha value is -2.47. The second-order valence-electron chi connectivity index (χ2n) is 4.27. The molecule has 0 aliphatic rings. The molecule has 3 aromatic heterocycles. The minimum atomic E-state index is -0.320. The second-order valence-corrected chi connectivity index (χ2v) is 4.60. The summed E-state index contributed by atoms with van der Waals surface area (Å²) in [7, 11) is 0. The lowest BCUT2D eigenvalue weighted by Gasteiger charge is -1.98. The average molecular weight is 289 g/mol. The first-order chi connectivity index (χ1) is 9.70. The van der Waals surface area contributed by atoms with Crippen molar-refractivity contribution in [2.24, 2.45) is 0 Å². The summed E-state index contributed by atoms with van der Waals surface area (Å²) >= 11 is 5.88. The zero-order chi connectivity index (χ0) is 13.7. The van der Waals surface area contributed by atoms with Crippen molar-refractivity contribution in [2.75, 3.05) is 0 Å². The fraction of sp³-hybridized carbons (Fsp3) is 0. The van der Waals surface area contributed by atoms with Gasteiger partial charge in [-0.2, -0.15) is 10.1 Å². The number of fused-ring (bicyclic) bond motifs is 2. The van der Waals surface area contributed by atoms with Gasteiger partial charge in [0.25, 0.3) is 0 Å². The summed E-state index contributed by atoms with van der Waals surface area (Å²) in [6, 6.07) is 6.03. The van der Waals surface area contributed by atoms with Crippen molar-refractivity contribution in [2.45, 2.75) is 0 Å². The van der Waals surface area contributed by atoms with Crippen molar-refractivity contribution < 1.29 is 8.81 Å². The first kappa shape index (κ1) is 11.4. The maximum atomic E-state index is 13.2. The Morgan fingerprint density at radius 1 is 1.20 bits per heavy atom. The summed E-state index contributed by atoms with van der Waals surface area (Å²) in [5, 5.41) is 8.07. The lowest BCUT2D eigenvalue weighted by Crippen LogP contribution is -1.88. The molecule has 20 heavy (non-hydrogen) atoms. The summed E-state index contributed by atoms with van der Waals surface area (Å²) < 4.78 is 18.9. The Bertz CT molecular complexity index is 946. The molecule has 0 atom stereocenters. The fourth-order valence-corrected chi connectivity index (χ4v) is 2.30. The summed E-state index contributed by atoms with van der Waals surface area (Å²) in [6.45, 7) is 0. The number of benzene rings is 1. The van der Waals surface area contributed by atoms with E-state index in [4.69, 9.17) is 16.0 Å². The summed E-state index contributed by atoms with van der Waals surface area (Å²) in [6.07, 6.45) is 1.59. The summed E-state index contributed by atoms with van der Waals surface area (Å²) in [5.74, 6) is 0.167. The Kier molecular flexibility index (Phi) is 2.28. The molecule has 1 N–H and O–H groups in total. The zero-order valence-corrected chi connectivity index (χ0v) is 10.6. The Labute approximate surface area is 116 Å². The number of nitrogens with one attached hydrogen (secondary N) is 1. The molecule has 3 heterocycles. The molecule has 0 aliphatic carbocycles. The SMILES string of the molecule is Fc1ccc2oc(-c3nc(Cl)nc4[nH]ncc34)cc2c1. The van der Waals surface area contributed by atoms with Crippen LogP contribution in [0.2, 0.25) is 5.28 Å². The molecule has 0 amide bonds. The predicted molar refractivity (Wildman–Crippen MR) is 71.9 cm³/mol. The van der Waals surface area contributed by atoms with Crippen LogP contribution in [0.25, 0.3) is 33.5 Å². The Balaban J connectivity index is 2.02. The smallest absolute Gasteiger partial charge is 0.225 e. The molecule has 0 unspecified atom stereocenters. The van der Waals surface area contributed by atoms with Crippen LogP contribution in [0.1, 0.15) is 0 Å². The van der Waals surface area contributed by atoms with Crippen LogP contribution in [0, 0.1) is 5.82 Å². The van der Waals surface area contributed by atoms with Gasteiger partial charge in [-0.1, -0.05) is 0 Å². The summed E-state index contributed by atoms with van der Waals surface area (Å²) in [5.41, 5.74) is 1.62. The van der Waals surface area contributed by atoms with E-state index in [9.17, 15) is 4.39 Å². The van der Waals surface area contributed by atoms with Gasteiger partial charge < -0.3 is 4.42 Å². The van der Waals surface area contributed by atoms with E-state index in [2.05, 4.69) is 20.2 Å². The van der Waals surface area contributed by atoms with Gasteiger partial charge in [0.05, 0.1) is 11.6 Å². The highest BCUT2D eigenvalue weighted by atomic mass is 35.5. The molecule has 7 heteroatoms. The van der Waals surface area contributed by atoms with Crippen LogP contribution < -0.4 is 0 Å². The average Bonchev–Trinajstić information content (AvgIpc) is 3.02. The minimum absolute atomic E-state index is 0.0865. The number of rotatable bonds is 1. The van der Waals surface area contributed by atoms with Gasteiger partial charge in [0, 0.05) is 5.39 Å². The number of nitrogens with zero attached hydrogens (tertiary/aromatic N) is 3. The fourth-order valence-electron chi connectivity index (χ4n) is 2.13. The number of furan rings is 1. The van der Waals surface area contributed by atoms with Gasteiger partial charge in [-0.25, -0.2) is 9.37 Å². The molecular formula is C13H6ClFN4O. The number of hydrogen-bond acceptors (Lipinski definition) is 4. The van der Waals surface area contributed by atoms with Gasteiger partial charge in [-0.3, -0.25) is 5.10 Å². The third kappa shape index (κ3) is 1.65. The molecule has 1 aromatic carbocycles. The van der Waals surface area contributed by atoms with Crippen LogP contribution in [0.15, 0.2) is 34.9 Å². The number of hydrogen-bond donors (Lipinski definition) is 1. The quantitative estimate of drug-likeness (QED) is 0.544. The van der Waals surface area contributed by atoms with E-state index in [-0.39, 0.29) is 11.1 Å². The first-order valence-electron chi connectivity index (χ1n) is 5.77. The van der Waals surface area contributed by atoms with Gasteiger partial charge in [0.1, 0.15) is 17.1 Å². The van der Waals surface area contributed by atoms with Gasteiger partial charge >= 0.3 is 0 Å². The molecule has 0 saturated heterocycles. The highest BCUT2D eigenvalue weighted by molar-refractivity contribution is 6.28. The van der Waals surface area contributed by atoms with Gasteiger partial charge in [0.2, 0.25) is 5.28 Å². The Morgan fingerprint density at radius 3 is 3.00 bits per heavy atom. The van der Waals surface area contributed by atoms with Gasteiger partial charge in [-0.15, -0.1) is 0 Å². The number of H-pyrrole nitrogens is 1. The van der Waals surface area contributed by atoms with E-state index in [0.29, 0.717) is 33.5 Å². The van der Waals surface area contributed by atoms with Crippen molar-refractivity contribution >= 4 is 33.6 Å². The van der Waals surface area contributed by atoms with Crippen molar-refractivity contribution in [3.63, 3.8) is 0 Å². The number of halogens is 2. The lowest BCUT2D eigenvalue weighted by atomic mass is 10.2. The standard InChI is InChI=1S/C13H6ClFN4O/c14-13-17-11(8-5-16-19-12(8)18-13)10-4-6-3-7(15)1-2-9(6)20-10/h1-5H,(H,16,17,18,19). The molecule has 4 aromatic rings. The lowest BCUT2D eigenvalue weighted by molar-refractivity contribution is 0.618. The van der Waals surface area contributed by atoms with Crippen LogP contribution in [-0.4, -0.2) is 20.2 Å². The van der Waals surface area contributed by atoms with Crippen molar-refractivity contribution in [1.29, 1.82) is 0 Å². The van der Waals surface area contributed by atoms with Crippen molar-refractivity contribution in [3.8, 4) is 11.5 Å². The third-order valence-corrected chi connectivity index (χ3v) is 3.16. The van der Waals surface area contributed by atoms with Crippen LogP contribution in [0.5, 0.6) is 0 Å². The second kappa shape index (κ2) is 4.01. The molecule has 0 aliphatic heterocycles. The van der Waals surface area contributed by atoms with Crippen LogP contribution in [0.4, 0.5) is 4.39 Å². The van der Waals surface area contributed by atoms with Crippen LogP contribution in [-0.2, 0) is 0 Å². The van der Waals surface area contributed by atoms with Crippen molar-refractivity contribution in [1.82, 2.24) is 20.2 Å². The normalized spacial score (nSPS) is 11.5. The van der Waals surface area contributed by atoms with E-state index in [1.807, 2.05) is 0 Å². The predicted octanol–water partition coefficient (Wildman–Crippen LogP) is 3.56. The van der Waals surface area contributed by atoms with Gasteiger partial charge in [-0.05, 0) is 35.9 Å². The number of aromatic nitrogens is 4. The van der Waals surface area contributed by atoms with E-state index in [1.54, 1.807) is 18.3 Å². The van der Waals surface area contributed by atoms with E-state index >= 15 is 0 Å². The molecule has 4 rings (SSSR count). The molecule has 5 nitrogen and oxygen atoms in total. The molecular weight excluding hydrogens is 283 g/mol. The summed E-state index contributed by atoms with van der Waals surface area (Å²) in [4.78, 5) is 8.19. The molecule has 98 valence electrons. The van der Waals surface area contributed by atoms with E-state index < -0.39 is 0 Å². The molecule has 0 bridgehead atoms. The topological polar surface area (TPSA) is 67.6 Å². The minimum Gasteiger partial charge on any atom is -0.454 e. The molecule has 0 fully saturated rings. The van der Waals surface area contributed by atoms with Crippen LogP contribution >= 0.6 is 11.6 Å². The zero-order valence-electron chi connectivity index (χ0n) is 9.89. The Morgan fingerprint density at radius 2 is 2.10 bits per heavy atom. The molecule has 0 spiro atoms.